The predicted octanol–water partition coefficient (Wildman–Crippen LogP) is 4.37. The predicted molar refractivity (Wildman–Crippen MR) is 71.8 cm³/mol. The summed E-state index contributed by atoms with van der Waals surface area (Å²) in [5, 5.41) is 10.0. The van der Waals surface area contributed by atoms with Gasteiger partial charge in [-0.3, -0.25) is 0 Å². The van der Waals surface area contributed by atoms with Crippen LogP contribution < -0.4 is 0 Å². The van der Waals surface area contributed by atoms with Gasteiger partial charge in [-0.1, -0.05) is 0 Å². The number of thiophene rings is 1. The molecule has 96 valence electrons. The summed E-state index contributed by atoms with van der Waals surface area (Å²) in [5.74, 6) is -1.25. The Labute approximate surface area is 116 Å². The molecule has 1 aromatic carbocycles. The Balaban J connectivity index is 2.18. The third-order valence-corrected chi connectivity index (χ3v) is 4.79. The van der Waals surface area contributed by atoms with Crippen LogP contribution in [0.15, 0.2) is 28.1 Å². The highest BCUT2D eigenvalue weighted by atomic mass is 79.9. The summed E-state index contributed by atoms with van der Waals surface area (Å²) in [6.45, 7) is 1.93. The number of rotatable bonds is 3. The standard InChI is InChI=1S/C13H11BrF2OS/c1-7-2-12(18-13(7)14)11(17)5-8-3-9(15)6-10(16)4-8/h2-4,6,11,17H,5H2,1H3. The molecule has 0 aliphatic rings. The van der Waals surface area contributed by atoms with E-state index in [0.29, 0.717) is 5.56 Å². The maximum Gasteiger partial charge on any atom is 0.126 e. The van der Waals surface area contributed by atoms with Crippen LogP contribution in [0.4, 0.5) is 8.78 Å². The van der Waals surface area contributed by atoms with Crippen molar-refractivity contribution in [2.45, 2.75) is 19.4 Å². The first-order chi connectivity index (χ1) is 8.45. The molecule has 0 amide bonds. The highest BCUT2D eigenvalue weighted by Gasteiger charge is 2.14. The van der Waals surface area contributed by atoms with Crippen LogP contribution in [-0.2, 0) is 6.42 Å². The lowest BCUT2D eigenvalue weighted by Gasteiger charge is -2.08. The molecular weight excluding hydrogens is 322 g/mol. The third kappa shape index (κ3) is 3.16. The minimum absolute atomic E-state index is 0.196. The van der Waals surface area contributed by atoms with Crippen molar-refractivity contribution in [3.8, 4) is 0 Å². The van der Waals surface area contributed by atoms with Crippen molar-refractivity contribution in [3.63, 3.8) is 0 Å². The van der Waals surface area contributed by atoms with Gasteiger partial charge in [-0.05, 0) is 52.2 Å². The zero-order valence-electron chi connectivity index (χ0n) is 9.58. The Morgan fingerprint density at radius 3 is 2.33 bits per heavy atom. The number of hydrogen-bond donors (Lipinski definition) is 1. The normalized spacial score (nSPS) is 12.7. The number of hydrogen-bond acceptors (Lipinski definition) is 2. The molecule has 1 N–H and O–H groups in total. The van der Waals surface area contributed by atoms with Gasteiger partial charge in [0.05, 0.1) is 9.89 Å². The van der Waals surface area contributed by atoms with E-state index in [0.717, 1.165) is 20.3 Å². The molecule has 18 heavy (non-hydrogen) atoms. The molecule has 0 saturated heterocycles. The van der Waals surface area contributed by atoms with Crippen molar-refractivity contribution < 1.29 is 13.9 Å². The number of aliphatic hydroxyl groups is 1. The average Bonchev–Trinajstić information content (AvgIpc) is 2.57. The van der Waals surface area contributed by atoms with Gasteiger partial charge in [-0.15, -0.1) is 11.3 Å². The van der Waals surface area contributed by atoms with Gasteiger partial charge in [0.15, 0.2) is 0 Å². The fraction of sp³-hybridized carbons (Fsp3) is 0.231. The van der Waals surface area contributed by atoms with E-state index < -0.39 is 17.7 Å². The second-order valence-corrected chi connectivity index (χ2v) is 6.50. The van der Waals surface area contributed by atoms with E-state index >= 15 is 0 Å². The van der Waals surface area contributed by atoms with Crippen molar-refractivity contribution in [3.05, 3.63) is 55.7 Å². The maximum atomic E-state index is 13.0. The summed E-state index contributed by atoms with van der Waals surface area (Å²) in [7, 11) is 0. The Morgan fingerprint density at radius 1 is 1.22 bits per heavy atom. The summed E-state index contributed by atoms with van der Waals surface area (Å²) in [5.41, 5.74) is 1.49. The zero-order valence-corrected chi connectivity index (χ0v) is 12.0. The van der Waals surface area contributed by atoms with E-state index in [-0.39, 0.29) is 6.42 Å². The van der Waals surface area contributed by atoms with E-state index in [1.54, 1.807) is 0 Å². The van der Waals surface area contributed by atoms with Crippen LogP contribution in [0.2, 0.25) is 0 Å². The van der Waals surface area contributed by atoms with Gasteiger partial charge in [0.2, 0.25) is 0 Å². The first-order valence-corrected chi connectivity index (χ1v) is 6.95. The second kappa shape index (κ2) is 5.47. The highest BCUT2D eigenvalue weighted by molar-refractivity contribution is 9.11. The van der Waals surface area contributed by atoms with Crippen molar-refractivity contribution in [2.24, 2.45) is 0 Å². The van der Waals surface area contributed by atoms with Crippen LogP contribution in [0.25, 0.3) is 0 Å². The Morgan fingerprint density at radius 2 is 1.83 bits per heavy atom. The molecule has 0 radical (unpaired) electrons. The van der Waals surface area contributed by atoms with Gasteiger partial charge in [0.1, 0.15) is 11.6 Å². The smallest absolute Gasteiger partial charge is 0.126 e. The molecule has 5 heteroatoms. The molecule has 0 aliphatic heterocycles. The third-order valence-electron chi connectivity index (χ3n) is 2.56. The highest BCUT2D eigenvalue weighted by Crippen LogP contribution is 2.32. The van der Waals surface area contributed by atoms with Crippen LogP contribution in [0, 0.1) is 18.6 Å². The molecule has 0 fully saturated rings. The Bertz CT molecular complexity index is 528. The van der Waals surface area contributed by atoms with Crippen LogP contribution in [0.3, 0.4) is 0 Å². The van der Waals surface area contributed by atoms with Crippen molar-refractivity contribution in [1.82, 2.24) is 0 Å². The lowest BCUT2D eigenvalue weighted by atomic mass is 10.1. The number of benzene rings is 1. The van der Waals surface area contributed by atoms with Crippen LogP contribution >= 0.6 is 27.3 Å². The lowest BCUT2D eigenvalue weighted by Crippen LogP contribution is -2.00. The number of halogens is 3. The first-order valence-electron chi connectivity index (χ1n) is 5.34. The van der Waals surface area contributed by atoms with Crippen molar-refractivity contribution in [1.29, 1.82) is 0 Å². The van der Waals surface area contributed by atoms with Gasteiger partial charge in [-0.25, -0.2) is 8.78 Å². The maximum absolute atomic E-state index is 13.0. The second-order valence-electron chi connectivity index (χ2n) is 4.10. The molecule has 0 spiro atoms. The largest absolute Gasteiger partial charge is 0.387 e. The van der Waals surface area contributed by atoms with Gasteiger partial charge in [-0.2, -0.15) is 0 Å². The SMILES string of the molecule is Cc1cc(C(O)Cc2cc(F)cc(F)c2)sc1Br. The summed E-state index contributed by atoms with van der Waals surface area (Å²) < 4.78 is 27.0. The molecule has 2 aromatic rings. The summed E-state index contributed by atoms with van der Waals surface area (Å²) in [6, 6.07) is 5.17. The molecule has 1 nitrogen and oxygen atoms in total. The van der Waals surface area contributed by atoms with E-state index in [4.69, 9.17) is 0 Å². The van der Waals surface area contributed by atoms with Gasteiger partial charge in [0, 0.05) is 17.4 Å². The molecule has 2 rings (SSSR count). The minimum atomic E-state index is -0.749. The fourth-order valence-corrected chi connectivity index (χ4v) is 3.26. The molecule has 1 aromatic heterocycles. The zero-order chi connectivity index (χ0) is 13.3. The first kappa shape index (κ1) is 13.6. The van der Waals surface area contributed by atoms with Gasteiger partial charge >= 0.3 is 0 Å². The van der Waals surface area contributed by atoms with Gasteiger partial charge in [0.25, 0.3) is 0 Å². The van der Waals surface area contributed by atoms with E-state index in [1.165, 1.54) is 23.5 Å². The van der Waals surface area contributed by atoms with E-state index in [1.807, 2.05) is 13.0 Å². The Hall–Kier alpha value is -0.780. The molecule has 0 saturated carbocycles. The molecular formula is C13H11BrF2OS. The topological polar surface area (TPSA) is 20.2 Å². The molecule has 1 heterocycles. The molecule has 0 bridgehead atoms. The summed E-state index contributed by atoms with van der Waals surface area (Å²) in [4.78, 5) is 0.782. The monoisotopic (exact) mass is 332 g/mol. The fourth-order valence-electron chi connectivity index (χ4n) is 1.70. The summed E-state index contributed by atoms with van der Waals surface area (Å²) >= 11 is 4.81. The summed E-state index contributed by atoms with van der Waals surface area (Å²) in [6.07, 6.45) is -0.553. The Kier molecular flexibility index (Phi) is 4.14. The lowest BCUT2D eigenvalue weighted by molar-refractivity contribution is 0.182. The van der Waals surface area contributed by atoms with Gasteiger partial charge < -0.3 is 5.11 Å². The number of aryl methyl sites for hydroxylation is 1. The van der Waals surface area contributed by atoms with Crippen LogP contribution in [-0.4, -0.2) is 5.11 Å². The van der Waals surface area contributed by atoms with Crippen molar-refractivity contribution in [2.75, 3.05) is 0 Å². The molecule has 1 unspecified atom stereocenters. The molecule has 1 atom stereocenters. The average molecular weight is 333 g/mol. The van der Waals surface area contributed by atoms with Crippen LogP contribution in [0.5, 0.6) is 0 Å². The number of aliphatic hydroxyl groups excluding tert-OH is 1. The van der Waals surface area contributed by atoms with Crippen LogP contribution in [0.1, 0.15) is 22.1 Å². The van der Waals surface area contributed by atoms with E-state index in [9.17, 15) is 13.9 Å². The van der Waals surface area contributed by atoms with E-state index in [2.05, 4.69) is 15.9 Å². The van der Waals surface area contributed by atoms with Crippen molar-refractivity contribution >= 4 is 27.3 Å². The quantitative estimate of drug-likeness (QED) is 0.884. The molecule has 0 aliphatic carbocycles. The minimum Gasteiger partial charge on any atom is -0.387 e.